The standard InChI is InChI=1S/C20H22N4O4/c25-18(15-8-5-11-21-12-15)23-24-19(26)16-9-4-10-17(16)22-20(27)28-13-14-6-2-1-3-7-14/h1-3,5-8,11-12,16-17H,4,9-10,13H2,(H,22,27)(H,23,25)(H,24,26). The number of pyridine rings is 1. The summed E-state index contributed by atoms with van der Waals surface area (Å²) in [5.74, 6) is -1.23. The van der Waals surface area contributed by atoms with Crippen LogP contribution in [0.4, 0.5) is 4.79 Å². The number of amides is 3. The molecular weight excluding hydrogens is 360 g/mol. The number of ether oxygens (including phenoxy) is 1. The van der Waals surface area contributed by atoms with E-state index in [1.807, 2.05) is 30.3 Å². The van der Waals surface area contributed by atoms with E-state index in [9.17, 15) is 14.4 Å². The van der Waals surface area contributed by atoms with E-state index in [1.54, 1.807) is 18.3 Å². The second-order valence-corrected chi connectivity index (χ2v) is 6.54. The van der Waals surface area contributed by atoms with Crippen LogP contribution in [0.1, 0.15) is 35.2 Å². The SMILES string of the molecule is O=C(NC1CCCC1C(=O)NNC(=O)c1cccnc1)OCc1ccccc1. The van der Waals surface area contributed by atoms with Gasteiger partial charge in [-0.05, 0) is 30.5 Å². The largest absolute Gasteiger partial charge is 0.445 e. The Morgan fingerprint density at radius 1 is 1.04 bits per heavy atom. The number of alkyl carbamates (subject to hydrolysis) is 1. The zero-order valence-electron chi connectivity index (χ0n) is 15.3. The third-order valence-corrected chi connectivity index (χ3v) is 4.59. The topological polar surface area (TPSA) is 109 Å². The molecule has 8 nitrogen and oxygen atoms in total. The zero-order valence-corrected chi connectivity index (χ0v) is 15.3. The molecular formula is C20H22N4O4. The molecule has 2 aromatic rings. The van der Waals surface area contributed by atoms with Crippen LogP contribution in [-0.4, -0.2) is 28.9 Å². The van der Waals surface area contributed by atoms with Crippen molar-refractivity contribution < 1.29 is 19.1 Å². The van der Waals surface area contributed by atoms with Gasteiger partial charge in [-0.1, -0.05) is 36.8 Å². The van der Waals surface area contributed by atoms with Gasteiger partial charge < -0.3 is 10.1 Å². The molecule has 1 aliphatic rings. The van der Waals surface area contributed by atoms with E-state index >= 15 is 0 Å². The zero-order chi connectivity index (χ0) is 19.8. The Bertz CT molecular complexity index is 813. The molecule has 2 atom stereocenters. The second kappa shape index (κ2) is 9.50. The van der Waals surface area contributed by atoms with E-state index in [0.717, 1.165) is 12.0 Å². The van der Waals surface area contributed by atoms with Gasteiger partial charge in [-0.25, -0.2) is 4.79 Å². The summed E-state index contributed by atoms with van der Waals surface area (Å²) >= 11 is 0. The maximum atomic E-state index is 12.4. The van der Waals surface area contributed by atoms with Crippen molar-refractivity contribution in [3.8, 4) is 0 Å². The predicted octanol–water partition coefficient (Wildman–Crippen LogP) is 1.94. The number of nitrogens with zero attached hydrogens (tertiary/aromatic N) is 1. The lowest BCUT2D eigenvalue weighted by atomic mass is 10.0. The molecule has 3 rings (SSSR count). The van der Waals surface area contributed by atoms with Crippen LogP contribution >= 0.6 is 0 Å². The van der Waals surface area contributed by atoms with Gasteiger partial charge in [-0.2, -0.15) is 0 Å². The summed E-state index contributed by atoms with van der Waals surface area (Å²) in [5, 5.41) is 2.75. The van der Waals surface area contributed by atoms with Crippen LogP contribution in [0, 0.1) is 5.92 Å². The number of carbonyl (C=O) groups excluding carboxylic acids is 3. The molecule has 1 aliphatic carbocycles. The van der Waals surface area contributed by atoms with Gasteiger partial charge in [0.1, 0.15) is 6.61 Å². The van der Waals surface area contributed by atoms with Crippen molar-refractivity contribution in [2.24, 2.45) is 5.92 Å². The smallest absolute Gasteiger partial charge is 0.407 e. The maximum Gasteiger partial charge on any atom is 0.407 e. The number of rotatable bonds is 5. The number of hydrazine groups is 1. The molecule has 0 bridgehead atoms. The molecule has 3 amide bonds. The summed E-state index contributed by atoms with van der Waals surface area (Å²) in [6.07, 6.45) is 4.50. The normalized spacial score (nSPS) is 18.1. The van der Waals surface area contributed by atoms with E-state index in [2.05, 4.69) is 21.2 Å². The van der Waals surface area contributed by atoms with Gasteiger partial charge in [0.2, 0.25) is 5.91 Å². The highest BCUT2D eigenvalue weighted by Crippen LogP contribution is 2.25. The molecule has 28 heavy (non-hydrogen) atoms. The van der Waals surface area contributed by atoms with Crippen LogP contribution in [0.15, 0.2) is 54.9 Å². The average Bonchev–Trinajstić information content (AvgIpc) is 3.19. The van der Waals surface area contributed by atoms with Crippen molar-refractivity contribution in [2.45, 2.75) is 31.9 Å². The highest BCUT2D eigenvalue weighted by atomic mass is 16.5. The monoisotopic (exact) mass is 382 g/mol. The van der Waals surface area contributed by atoms with Crippen molar-refractivity contribution in [2.75, 3.05) is 0 Å². The minimum absolute atomic E-state index is 0.164. The average molecular weight is 382 g/mol. The van der Waals surface area contributed by atoms with Crippen molar-refractivity contribution in [3.63, 3.8) is 0 Å². The van der Waals surface area contributed by atoms with E-state index in [4.69, 9.17) is 4.74 Å². The lowest BCUT2D eigenvalue weighted by Crippen LogP contribution is -2.49. The van der Waals surface area contributed by atoms with Crippen LogP contribution in [0.2, 0.25) is 0 Å². The molecule has 0 saturated heterocycles. The van der Waals surface area contributed by atoms with E-state index in [1.165, 1.54) is 6.20 Å². The fourth-order valence-electron chi connectivity index (χ4n) is 3.14. The number of hydrogen-bond acceptors (Lipinski definition) is 5. The minimum Gasteiger partial charge on any atom is -0.445 e. The molecule has 1 aromatic carbocycles. The molecule has 8 heteroatoms. The maximum absolute atomic E-state index is 12.4. The van der Waals surface area contributed by atoms with Gasteiger partial charge in [0.15, 0.2) is 0 Å². The first-order chi connectivity index (χ1) is 13.6. The summed E-state index contributed by atoms with van der Waals surface area (Å²) in [6.45, 7) is 0.164. The molecule has 1 heterocycles. The van der Waals surface area contributed by atoms with Crippen LogP contribution < -0.4 is 16.2 Å². The van der Waals surface area contributed by atoms with E-state index in [0.29, 0.717) is 18.4 Å². The molecule has 3 N–H and O–H groups in total. The Morgan fingerprint density at radius 3 is 2.61 bits per heavy atom. The third-order valence-electron chi connectivity index (χ3n) is 4.59. The van der Waals surface area contributed by atoms with Crippen LogP contribution in [0.25, 0.3) is 0 Å². The van der Waals surface area contributed by atoms with Crippen molar-refractivity contribution in [3.05, 3.63) is 66.0 Å². The molecule has 0 spiro atoms. The Morgan fingerprint density at radius 2 is 1.86 bits per heavy atom. The molecule has 1 fully saturated rings. The van der Waals surface area contributed by atoms with Gasteiger partial charge in [0.25, 0.3) is 5.91 Å². The Hall–Kier alpha value is -3.42. The predicted molar refractivity (Wildman–Crippen MR) is 101 cm³/mol. The van der Waals surface area contributed by atoms with Crippen molar-refractivity contribution in [1.82, 2.24) is 21.2 Å². The van der Waals surface area contributed by atoms with E-state index < -0.39 is 17.9 Å². The molecule has 1 saturated carbocycles. The Balaban J connectivity index is 1.46. The number of benzene rings is 1. The lowest BCUT2D eigenvalue weighted by molar-refractivity contribution is -0.126. The van der Waals surface area contributed by atoms with Gasteiger partial charge in [-0.15, -0.1) is 0 Å². The number of nitrogens with one attached hydrogen (secondary N) is 3. The first-order valence-electron chi connectivity index (χ1n) is 9.11. The van der Waals surface area contributed by atoms with Gasteiger partial charge >= 0.3 is 6.09 Å². The van der Waals surface area contributed by atoms with Crippen molar-refractivity contribution >= 4 is 17.9 Å². The molecule has 0 aliphatic heterocycles. The third kappa shape index (κ3) is 5.29. The van der Waals surface area contributed by atoms with Gasteiger partial charge in [0, 0.05) is 18.4 Å². The summed E-state index contributed by atoms with van der Waals surface area (Å²) < 4.78 is 5.22. The number of aromatic nitrogens is 1. The molecule has 2 unspecified atom stereocenters. The van der Waals surface area contributed by atoms with Crippen LogP contribution in [0.5, 0.6) is 0 Å². The van der Waals surface area contributed by atoms with Crippen molar-refractivity contribution in [1.29, 1.82) is 0 Å². The van der Waals surface area contributed by atoms with Crippen LogP contribution in [-0.2, 0) is 16.1 Å². The van der Waals surface area contributed by atoms with Gasteiger partial charge in [0.05, 0.1) is 11.5 Å². The summed E-state index contributed by atoms with van der Waals surface area (Å²) in [6, 6.07) is 12.2. The highest BCUT2D eigenvalue weighted by Gasteiger charge is 2.34. The first-order valence-corrected chi connectivity index (χ1v) is 9.11. The summed E-state index contributed by atoms with van der Waals surface area (Å²) in [5.41, 5.74) is 6.03. The van der Waals surface area contributed by atoms with E-state index in [-0.39, 0.29) is 18.6 Å². The van der Waals surface area contributed by atoms with Crippen LogP contribution in [0.3, 0.4) is 0 Å². The Labute approximate surface area is 162 Å². The first kappa shape index (κ1) is 19.3. The molecule has 146 valence electrons. The molecule has 0 radical (unpaired) electrons. The highest BCUT2D eigenvalue weighted by molar-refractivity contribution is 5.95. The number of carbonyl (C=O) groups is 3. The quantitative estimate of drug-likeness (QED) is 0.685. The Kier molecular flexibility index (Phi) is 6.56. The summed E-state index contributed by atoms with van der Waals surface area (Å²) in [7, 11) is 0. The second-order valence-electron chi connectivity index (χ2n) is 6.54. The molecule has 1 aromatic heterocycles. The number of hydrogen-bond donors (Lipinski definition) is 3. The lowest BCUT2D eigenvalue weighted by Gasteiger charge is -2.20. The van der Waals surface area contributed by atoms with Gasteiger partial charge in [-0.3, -0.25) is 25.4 Å². The minimum atomic E-state index is -0.562. The fourth-order valence-corrected chi connectivity index (χ4v) is 3.14. The summed E-state index contributed by atoms with van der Waals surface area (Å²) in [4.78, 5) is 40.3. The fraction of sp³-hybridized carbons (Fsp3) is 0.300.